The second kappa shape index (κ2) is 4.51. The van der Waals surface area contributed by atoms with Crippen molar-refractivity contribution in [2.45, 2.75) is 12.5 Å². The molecule has 0 spiro atoms. The molecule has 3 rings (SSSR count). The predicted molar refractivity (Wildman–Crippen MR) is 71.5 cm³/mol. The van der Waals surface area contributed by atoms with Gasteiger partial charge in [-0.15, -0.1) is 11.3 Å². The van der Waals surface area contributed by atoms with Gasteiger partial charge in [-0.3, -0.25) is 4.98 Å². The Morgan fingerprint density at radius 1 is 1.44 bits per heavy atom. The standard InChI is InChI=1S/C13H13N3OS/c1-16-4-3-14-13(16)7-11(17)9-6-12-10(15-8-9)2-5-18-12/h2-6,8,11,17H,7H2,1H3. The number of pyridine rings is 1. The number of aliphatic hydroxyl groups is 1. The van der Waals surface area contributed by atoms with Gasteiger partial charge in [0.25, 0.3) is 0 Å². The second-order valence-corrected chi connectivity index (χ2v) is 5.19. The van der Waals surface area contributed by atoms with Crippen molar-refractivity contribution >= 4 is 21.6 Å². The van der Waals surface area contributed by atoms with Crippen molar-refractivity contribution in [2.75, 3.05) is 0 Å². The van der Waals surface area contributed by atoms with Crippen molar-refractivity contribution in [1.82, 2.24) is 14.5 Å². The highest BCUT2D eigenvalue weighted by atomic mass is 32.1. The number of hydrogen-bond acceptors (Lipinski definition) is 4. The molecule has 0 aliphatic heterocycles. The average Bonchev–Trinajstić information content (AvgIpc) is 2.98. The van der Waals surface area contributed by atoms with Crippen molar-refractivity contribution in [3.8, 4) is 0 Å². The van der Waals surface area contributed by atoms with E-state index < -0.39 is 6.10 Å². The van der Waals surface area contributed by atoms with Crippen LogP contribution in [-0.4, -0.2) is 19.6 Å². The molecule has 3 aromatic heterocycles. The van der Waals surface area contributed by atoms with Crippen LogP contribution in [0.3, 0.4) is 0 Å². The van der Waals surface area contributed by atoms with Crippen molar-refractivity contribution in [3.63, 3.8) is 0 Å². The summed E-state index contributed by atoms with van der Waals surface area (Å²) >= 11 is 1.64. The zero-order valence-corrected chi connectivity index (χ0v) is 10.8. The Kier molecular flexibility index (Phi) is 2.85. The maximum atomic E-state index is 10.2. The van der Waals surface area contributed by atoms with Gasteiger partial charge < -0.3 is 9.67 Å². The van der Waals surface area contributed by atoms with E-state index in [-0.39, 0.29) is 0 Å². The molecule has 0 saturated carbocycles. The monoisotopic (exact) mass is 259 g/mol. The van der Waals surface area contributed by atoms with Crippen LogP contribution < -0.4 is 0 Å². The van der Waals surface area contributed by atoms with E-state index in [2.05, 4.69) is 9.97 Å². The van der Waals surface area contributed by atoms with E-state index in [9.17, 15) is 5.11 Å². The van der Waals surface area contributed by atoms with Gasteiger partial charge in [0.1, 0.15) is 5.82 Å². The quantitative estimate of drug-likeness (QED) is 0.785. The SMILES string of the molecule is Cn1ccnc1CC(O)c1cnc2ccsc2c1. The van der Waals surface area contributed by atoms with Crippen molar-refractivity contribution in [3.05, 3.63) is 47.5 Å². The normalized spacial score (nSPS) is 13.0. The van der Waals surface area contributed by atoms with Gasteiger partial charge in [-0.2, -0.15) is 0 Å². The Labute approximate surface area is 109 Å². The first kappa shape index (κ1) is 11.4. The third kappa shape index (κ3) is 2.02. The average molecular weight is 259 g/mol. The van der Waals surface area contributed by atoms with Gasteiger partial charge in [0.05, 0.1) is 16.3 Å². The minimum atomic E-state index is -0.565. The van der Waals surface area contributed by atoms with Crippen LogP contribution in [0.25, 0.3) is 10.2 Å². The van der Waals surface area contributed by atoms with Crippen LogP contribution in [0.5, 0.6) is 0 Å². The Morgan fingerprint density at radius 2 is 2.33 bits per heavy atom. The number of nitrogens with zero attached hydrogens (tertiary/aromatic N) is 3. The molecule has 0 saturated heterocycles. The fraction of sp³-hybridized carbons (Fsp3) is 0.231. The lowest BCUT2D eigenvalue weighted by molar-refractivity contribution is 0.174. The molecule has 1 atom stereocenters. The molecule has 4 nitrogen and oxygen atoms in total. The zero-order chi connectivity index (χ0) is 12.5. The van der Waals surface area contributed by atoms with Crippen molar-refractivity contribution in [1.29, 1.82) is 0 Å². The molecule has 18 heavy (non-hydrogen) atoms. The van der Waals surface area contributed by atoms with Crippen molar-refractivity contribution < 1.29 is 5.11 Å². The molecule has 92 valence electrons. The number of hydrogen-bond donors (Lipinski definition) is 1. The number of rotatable bonds is 3. The van der Waals surface area contributed by atoms with E-state index in [1.165, 1.54) is 0 Å². The first-order valence-electron chi connectivity index (χ1n) is 5.71. The van der Waals surface area contributed by atoms with E-state index in [1.54, 1.807) is 23.7 Å². The second-order valence-electron chi connectivity index (χ2n) is 4.25. The molecule has 1 N–H and O–H groups in total. The number of thiophene rings is 1. The molecule has 3 aromatic rings. The van der Waals surface area contributed by atoms with Crippen LogP contribution in [0.1, 0.15) is 17.5 Å². The largest absolute Gasteiger partial charge is 0.388 e. The summed E-state index contributed by atoms with van der Waals surface area (Å²) in [4.78, 5) is 8.56. The molecule has 1 unspecified atom stereocenters. The first-order valence-corrected chi connectivity index (χ1v) is 6.59. The third-order valence-electron chi connectivity index (χ3n) is 3.01. The van der Waals surface area contributed by atoms with Gasteiger partial charge in [0.2, 0.25) is 0 Å². The Bertz CT molecular complexity index is 673. The first-order chi connectivity index (χ1) is 8.74. The number of aliphatic hydroxyl groups excluding tert-OH is 1. The highest BCUT2D eigenvalue weighted by Gasteiger charge is 2.12. The molecule has 0 radical (unpaired) electrons. The van der Waals surface area contributed by atoms with Crippen LogP contribution in [0.15, 0.2) is 36.1 Å². The third-order valence-corrected chi connectivity index (χ3v) is 3.86. The molecule has 0 amide bonds. The van der Waals surface area contributed by atoms with Crippen molar-refractivity contribution in [2.24, 2.45) is 7.05 Å². The lowest BCUT2D eigenvalue weighted by Gasteiger charge is -2.10. The Balaban J connectivity index is 1.87. The molecule has 0 aromatic carbocycles. The topological polar surface area (TPSA) is 50.9 Å². The van der Waals surface area contributed by atoms with E-state index in [4.69, 9.17) is 0 Å². The summed E-state index contributed by atoms with van der Waals surface area (Å²) in [5.41, 5.74) is 1.82. The van der Waals surface area contributed by atoms with Gasteiger partial charge in [-0.25, -0.2) is 4.98 Å². The molecule has 0 fully saturated rings. The highest BCUT2D eigenvalue weighted by molar-refractivity contribution is 7.17. The van der Waals surface area contributed by atoms with Crippen LogP contribution in [0.4, 0.5) is 0 Å². The molecular weight excluding hydrogens is 246 g/mol. The van der Waals surface area contributed by atoms with E-state index in [0.717, 1.165) is 21.6 Å². The Morgan fingerprint density at radius 3 is 3.11 bits per heavy atom. The van der Waals surface area contributed by atoms with Crippen LogP contribution in [0, 0.1) is 0 Å². The summed E-state index contributed by atoms with van der Waals surface area (Å²) in [6.45, 7) is 0. The summed E-state index contributed by atoms with van der Waals surface area (Å²) in [7, 11) is 1.93. The van der Waals surface area contributed by atoms with E-state index in [0.29, 0.717) is 6.42 Å². The van der Waals surface area contributed by atoms with Crippen LogP contribution >= 0.6 is 11.3 Å². The molecule has 0 aliphatic rings. The fourth-order valence-corrected chi connectivity index (χ4v) is 2.72. The maximum absolute atomic E-state index is 10.2. The molecule has 0 aliphatic carbocycles. The van der Waals surface area contributed by atoms with Crippen LogP contribution in [-0.2, 0) is 13.5 Å². The fourth-order valence-electron chi connectivity index (χ4n) is 1.93. The Hall–Kier alpha value is -1.72. The molecule has 5 heteroatoms. The zero-order valence-electron chi connectivity index (χ0n) is 9.95. The van der Waals surface area contributed by atoms with Gasteiger partial charge in [0.15, 0.2) is 0 Å². The summed E-state index contributed by atoms with van der Waals surface area (Å²) in [5.74, 6) is 0.869. The number of aryl methyl sites for hydroxylation is 1. The molecule has 0 bridgehead atoms. The minimum Gasteiger partial charge on any atom is -0.388 e. The summed E-state index contributed by atoms with van der Waals surface area (Å²) in [6.07, 6.45) is 5.29. The summed E-state index contributed by atoms with van der Waals surface area (Å²) in [6, 6.07) is 3.98. The van der Waals surface area contributed by atoms with Gasteiger partial charge >= 0.3 is 0 Å². The smallest absolute Gasteiger partial charge is 0.111 e. The van der Waals surface area contributed by atoms with E-state index >= 15 is 0 Å². The number of aromatic nitrogens is 3. The van der Waals surface area contributed by atoms with Gasteiger partial charge in [-0.05, 0) is 17.5 Å². The maximum Gasteiger partial charge on any atom is 0.111 e. The lowest BCUT2D eigenvalue weighted by Crippen LogP contribution is -2.06. The molecule has 3 heterocycles. The van der Waals surface area contributed by atoms with E-state index in [1.807, 2.05) is 35.3 Å². The van der Waals surface area contributed by atoms with Gasteiger partial charge in [-0.1, -0.05) is 0 Å². The van der Waals surface area contributed by atoms with Gasteiger partial charge in [0, 0.05) is 37.6 Å². The summed E-state index contributed by atoms with van der Waals surface area (Å²) in [5, 5.41) is 12.2. The number of imidazole rings is 1. The predicted octanol–water partition coefficient (Wildman–Crippen LogP) is 2.31. The minimum absolute atomic E-state index is 0.502. The number of fused-ring (bicyclic) bond motifs is 1. The molecular formula is C13H13N3OS. The van der Waals surface area contributed by atoms with Crippen LogP contribution in [0.2, 0.25) is 0 Å². The lowest BCUT2D eigenvalue weighted by atomic mass is 10.1. The highest BCUT2D eigenvalue weighted by Crippen LogP contribution is 2.24. The summed E-state index contributed by atoms with van der Waals surface area (Å²) < 4.78 is 3.02.